The van der Waals surface area contributed by atoms with Crippen molar-refractivity contribution in [1.82, 2.24) is 4.90 Å². The summed E-state index contributed by atoms with van der Waals surface area (Å²) in [5, 5.41) is 0. The average Bonchev–Trinajstić information content (AvgIpc) is 2.29. The van der Waals surface area contributed by atoms with Gasteiger partial charge in [0.05, 0.1) is 38.6 Å². The summed E-state index contributed by atoms with van der Waals surface area (Å²) >= 11 is 0. The molecule has 0 rings (SSSR count). The predicted molar refractivity (Wildman–Crippen MR) is 64.9 cm³/mol. The Bertz CT molecular complexity index is 161. The van der Waals surface area contributed by atoms with E-state index in [-0.39, 0.29) is 0 Å². The van der Waals surface area contributed by atoms with Crippen molar-refractivity contribution >= 4 is 0 Å². The lowest BCUT2D eigenvalue weighted by molar-refractivity contribution is 0.118. The van der Waals surface area contributed by atoms with Gasteiger partial charge in [0, 0.05) is 19.6 Å². The fraction of sp³-hybridized carbons (Fsp3) is 0.500. The molecule has 0 atom stereocenters. The molecule has 92 valence electrons. The SMILES string of the molecule is C=COCCN(CCOC=C)CCOC=C. The molecule has 0 bridgehead atoms. The van der Waals surface area contributed by atoms with Gasteiger partial charge in [0.25, 0.3) is 0 Å². The van der Waals surface area contributed by atoms with Gasteiger partial charge in [0.1, 0.15) is 0 Å². The third-order valence-corrected chi connectivity index (χ3v) is 1.93. The number of ether oxygens (including phenoxy) is 3. The maximum Gasteiger partial charge on any atom is 0.0999 e. The zero-order valence-electron chi connectivity index (χ0n) is 9.77. The molecule has 0 aliphatic carbocycles. The Morgan fingerprint density at radius 3 is 1.25 bits per heavy atom. The van der Waals surface area contributed by atoms with Crippen molar-refractivity contribution in [1.29, 1.82) is 0 Å². The minimum atomic E-state index is 0.617. The summed E-state index contributed by atoms with van der Waals surface area (Å²) in [5.41, 5.74) is 0. The average molecular weight is 227 g/mol. The molecule has 4 heteroatoms. The Hall–Kier alpha value is -1.42. The first-order valence-electron chi connectivity index (χ1n) is 5.25. The van der Waals surface area contributed by atoms with Crippen LogP contribution in [0.4, 0.5) is 0 Å². The van der Waals surface area contributed by atoms with Crippen molar-refractivity contribution in [2.75, 3.05) is 39.5 Å². The molecule has 16 heavy (non-hydrogen) atoms. The van der Waals surface area contributed by atoms with Crippen LogP contribution in [0.1, 0.15) is 0 Å². The fourth-order valence-electron chi connectivity index (χ4n) is 1.13. The van der Waals surface area contributed by atoms with Gasteiger partial charge < -0.3 is 14.2 Å². The van der Waals surface area contributed by atoms with E-state index in [0.717, 1.165) is 19.6 Å². The van der Waals surface area contributed by atoms with Crippen LogP contribution in [-0.2, 0) is 14.2 Å². The van der Waals surface area contributed by atoms with Crippen molar-refractivity contribution in [3.05, 3.63) is 38.5 Å². The van der Waals surface area contributed by atoms with E-state index in [0.29, 0.717) is 19.8 Å². The summed E-state index contributed by atoms with van der Waals surface area (Å²) in [6.45, 7) is 14.8. The summed E-state index contributed by atoms with van der Waals surface area (Å²) in [6, 6.07) is 0. The van der Waals surface area contributed by atoms with Crippen molar-refractivity contribution in [3.63, 3.8) is 0 Å². The molecule has 0 aliphatic rings. The van der Waals surface area contributed by atoms with Gasteiger partial charge in [0.15, 0.2) is 0 Å². The van der Waals surface area contributed by atoms with Crippen LogP contribution in [-0.4, -0.2) is 44.4 Å². The highest BCUT2D eigenvalue weighted by molar-refractivity contribution is 4.61. The maximum absolute atomic E-state index is 5.08. The highest BCUT2D eigenvalue weighted by Crippen LogP contribution is 1.91. The molecule has 0 amide bonds. The lowest BCUT2D eigenvalue weighted by Crippen LogP contribution is -2.33. The van der Waals surface area contributed by atoms with Gasteiger partial charge >= 0.3 is 0 Å². The molecule has 0 aromatic heterocycles. The summed E-state index contributed by atoms with van der Waals surface area (Å²) in [4.78, 5) is 2.18. The molecule has 4 nitrogen and oxygen atoms in total. The Morgan fingerprint density at radius 2 is 1.00 bits per heavy atom. The third-order valence-electron chi connectivity index (χ3n) is 1.93. The zero-order chi connectivity index (χ0) is 12.1. The second-order valence-electron chi connectivity index (χ2n) is 2.95. The first kappa shape index (κ1) is 14.6. The van der Waals surface area contributed by atoms with E-state index in [1.165, 1.54) is 18.8 Å². The zero-order valence-corrected chi connectivity index (χ0v) is 9.77. The standard InChI is InChI=1S/C12H21NO3/c1-4-14-10-7-13(8-11-15-5-2)9-12-16-6-3/h4-6H,1-3,7-12H2. The van der Waals surface area contributed by atoms with Crippen LogP contribution in [0.3, 0.4) is 0 Å². The molecule has 0 aromatic rings. The monoisotopic (exact) mass is 227 g/mol. The molecular formula is C12H21NO3. The van der Waals surface area contributed by atoms with Gasteiger partial charge in [-0.25, -0.2) is 0 Å². The summed E-state index contributed by atoms with van der Waals surface area (Å²) in [7, 11) is 0. The molecule has 0 spiro atoms. The minimum absolute atomic E-state index is 0.617. The molecule has 0 radical (unpaired) electrons. The fourth-order valence-corrected chi connectivity index (χ4v) is 1.13. The molecule has 0 aliphatic heterocycles. The van der Waals surface area contributed by atoms with E-state index in [4.69, 9.17) is 14.2 Å². The maximum atomic E-state index is 5.08. The van der Waals surface area contributed by atoms with Crippen LogP contribution in [0.15, 0.2) is 38.5 Å². The molecule has 0 unspecified atom stereocenters. The molecule has 0 aromatic carbocycles. The van der Waals surface area contributed by atoms with Crippen LogP contribution in [0.2, 0.25) is 0 Å². The number of rotatable bonds is 12. The number of nitrogens with zero attached hydrogens (tertiary/aromatic N) is 1. The normalized spacial score (nSPS) is 9.56. The van der Waals surface area contributed by atoms with E-state index in [2.05, 4.69) is 24.6 Å². The third kappa shape index (κ3) is 9.15. The van der Waals surface area contributed by atoms with E-state index in [9.17, 15) is 0 Å². The van der Waals surface area contributed by atoms with E-state index < -0.39 is 0 Å². The lowest BCUT2D eigenvalue weighted by atomic mass is 10.4. The number of hydrogen-bond donors (Lipinski definition) is 0. The van der Waals surface area contributed by atoms with Gasteiger partial charge in [-0.15, -0.1) is 0 Å². The van der Waals surface area contributed by atoms with Gasteiger partial charge in [-0.1, -0.05) is 19.7 Å². The molecule has 0 heterocycles. The van der Waals surface area contributed by atoms with E-state index >= 15 is 0 Å². The highest BCUT2D eigenvalue weighted by atomic mass is 16.5. The quantitative estimate of drug-likeness (QED) is 0.375. The van der Waals surface area contributed by atoms with Gasteiger partial charge in [-0.2, -0.15) is 0 Å². The molecule has 0 saturated carbocycles. The molecular weight excluding hydrogens is 206 g/mol. The van der Waals surface area contributed by atoms with Crippen molar-refractivity contribution in [2.24, 2.45) is 0 Å². The second-order valence-corrected chi connectivity index (χ2v) is 2.95. The van der Waals surface area contributed by atoms with E-state index in [1.807, 2.05) is 0 Å². The largest absolute Gasteiger partial charge is 0.500 e. The van der Waals surface area contributed by atoms with Crippen LogP contribution in [0, 0.1) is 0 Å². The Labute approximate surface area is 97.8 Å². The highest BCUT2D eigenvalue weighted by Gasteiger charge is 2.04. The predicted octanol–water partition coefficient (Wildman–Crippen LogP) is 1.77. The van der Waals surface area contributed by atoms with Crippen molar-refractivity contribution in [2.45, 2.75) is 0 Å². The van der Waals surface area contributed by atoms with Crippen LogP contribution < -0.4 is 0 Å². The Morgan fingerprint density at radius 1 is 0.688 bits per heavy atom. The summed E-state index contributed by atoms with van der Waals surface area (Å²) in [5.74, 6) is 0. The molecule has 0 N–H and O–H groups in total. The summed E-state index contributed by atoms with van der Waals surface area (Å²) in [6.07, 6.45) is 4.33. The van der Waals surface area contributed by atoms with Crippen LogP contribution >= 0.6 is 0 Å². The van der Waals surface area contributed by atoms with Gasteiger partial charge in [-0.05, 0) is 0 Å². The van der Waals surface area contributed by atoms with Crippen molar-refractivity contribution < 1.29 is 14.2 Å². The first-order chi connectivity index (χ1) is 7.85. The van der Waals surface area contributed by atoms with Crippen LogP contribution in [0.25, 0.3) is 0 Å². The lowest BCUT2D eigenvalue weighted by Gasteiger charge is -2.21. The Kier molecular flexibility index (Phi) is 10.6. The molecule has 0 saturated heterocycles. The minimum Gasteiger partial charge on any atom is -0.500 e. The molecule has 0 fully saturated rings. The van der Waals surface area contributed by atoms with E-state index in [1.54, 1.807) is 0 Å². The van der Waals surface area contributed by atoms with Gasteiger partial charge in [0.2, 0.25) is 0 Å². The van der Waals surface area contributed by atoms with Gasteiger partial charge in [-0.3, -0.25) is 4.90 Å². The van der Waals surface area contributed by atoms with Crippen LogP contribution in [0.5, 0.6) is 0 Å². The smallest absolute Gasteiger partial charge is 0.0999 e. The van der Waals surface area contributed by atoms with Crippen molar-refractivity contribution in [3.8, 4) is 0 Å². The summed E-state index contributed by atoms with van der Waals surface area (Å²) < 4.78 is 15.2. The topological polar surface area (TPSA) is 30.9 Å². The number of hydrogen-bond acceptors (Lipinski definition) is 4. The second kappa shape index (κ2) is 11.7. The first-order valence-corrected chi connectivity index (χ1v) is 5.25. The Balaban J connectivity index is 3.69.